The van der Waals surface area contributed by atoms with Crippen LogP contribution in [-0.4, -0.2) is 66.4 Å². The number of pyridine rings is 1. The van der Waals surface area contributed by atoms with Crippen LogP contribution in [-0.2, 0) is 7.05 Å². The van der Waals surface area contributed by atoms with E-state index in [2.05, 4.69) is 51.7 Å². The topological polar surface area (TPSA) is 55.7 Å². The number of anilines is 1. The number of fused-ring (bicyclic) bond motifs is 1. The van der Waals surface area contributed by atoms with Crippen LogP contribution in [0.25, 0.3) is 33.7 Å². The second-order valence-corrected chi connectivity index (χ2v) is 10.3. The molecule has 7 nitrogen and oxygen atoms in total. The fourth-order valence-electron chi connectivity index (χ4n) is 5.42. The lowest BCUT2D eigenvalue weighted by atomic mass is 10.1. The molecule has 0 radical (unpaired) electrons. The molecular weight excluding hydrogens is 462 g/mol. The zero-order chi connectivity index (χ0) is 25.5. The molecule has 1 aliphatic heterocycles. The first-order chi connectivity index (χ1) is 18.0. The smallest absolute Gasteiger partial charge is 0.161 e. The molecule has 2 aromatic carbocycles. The molecule has 2 aromatic heterocycles. The summed E-state index contributed by atoms with van der Waals surface area (Å²) in [5, 5.41) is 0. The van der Waals surface area contributed by atoms with Crippen molar-refractivity contribution in [2.45, 2.75) is 19.8 Å². The van der Waals surface area contributed by atoms with E-state index in [9.17, 15) is 0 Å². The van der Waals surface area contributed by atoms with Crippen LogP contribution in [0.15, 0.2) is 48.5 Å². The van der Waals surface area contributed by atoms with Crippen molar-refractivity contribution in [1.29, 1.82) is 0 Å². The molecule has 6 rings (SSSR count). The molecular formula is C30H35N5O2. The van der Waals surface area contributed by atoms with E-state index in [1.165, 1.54) is 38.2 Å². The minimum absolute atomic E-state index is 0.687. The van der Waals surface area contributed by atoms with Crippen molar-refractivity contribution in [2.24, 2.45) is 13.0 Å². The molecule has 4 aromatic rings. The van der Waals surface area contributed by atoms with Gasteiger partial charge in [0.25, 0.3) is 0 Å². The van der Waals surface area contributed by atoms with Crippen LogP contribution < -0.4 is 14.4 Å². The van der Waals surface area contributed by atoms with Crippen molar-refractivity contribution in [3.63, 3.8) is 0 Å². The summed E-state index contributed by atoms with van der Waals surface area (Å²) >= 11 is 0. The number of hydrogen-bond donors (Lipinski definition) is 0. The maximum absolute atomic E-state index is 5.51. The fourth-order valence-corrected chi connectivity index (χ4v) is 5.42. The summed E-state index contributed by atoms with van der Waals surface area (Å²) in [6, 6.07) is 16.9. The van der Waals surface area contributed by atoms with E-state index in [-0.39, 0.29) is 0 Å². The largest absolute Gasteiger partial charge is 0.493 e. The Labute approximate surface area is 218 Å². The average Bonchev–Trinajstić information content (AvgIpc) is 3.69. The first-order valence-corrected chi connectivity index (χ1v) is 13.2. The summed E-state index contributed by atoms with van der Waals surface area (Å²) in [5.41, 5.74) is 7.25. The van der Waals surface area contributed by atoms with Crippen LogP contribution in [0.2, 0.25) is 0 Å². The van der Waals surface area contributed by atoms with E-state index >= 15 is 0 Å². The summed E-state index contributed by atoms with van der Waals surface area (Å²) in [6.07, 6.45) is 2.86. The molecule has 0 bridgehead atoms. The molecule has 7 heteroatoms. The van der Waals surface area contributed by atoms with Crippen LogP contribution in [0.5, 0.6) is 11.5 Å². The summed E-state index contributed by atoms with van der Waals surface area (Å²) in [7, 11) is 5.35. The third-order valence-electron chi connectivity index (χ3n) is 7.80. The maximum atomic E-state index is 5.51. The van der Waals surface area contributed by atoms with Crippen LogP contribution in [0.3, 0.4) is 0 Å². The monoisotopic (exact) mass is 497 g/mol. The molecule has 0 amide bonds. The lowest BCUT2D eigenvalue weighted by Gasteiger charge is -2.36. The summed E-state index contributed by atoms with van der Waals surface area (Å²) in [4.78, 5) is 15.0. The predicted molar refractivity (Wildman–Crippen MR) is 149 cm³/mol. The van der Waals surface area contributed by atoms with Gasteiger partial charge in [0, 0.05) is 56.6 Å². The van der Waals surface area contributed by atoms with Gasteiger partial charge in [-0.15, -0.1) is 0 Å². The van der Waals surface area contributed by atoms with Gasteiger partial charge in [0.15, 0.2) is 11.5 Å². The van der Waals surface area contributed by atoms with Gasteiger partial charge in [0.05, 0.1) is 31.1 Å². The van der Waals surface area contributed by atoms with Crippen LogP contribution in [0, 0.1) is 12.8 Å². The number of methoxy groups -OCH3 is 2. The first-order valence-electron chi connectivity index (χ1n) is 13.2. The number of ether oxygens (including phenoxy) is 2. The lowest BCUT2D eigenvalue weighted by molar-refractivity contribution is 0.248. The third-order valence-corrected chi connectivity index (χ3v) is 7.80. The Balaban J connectivity index is 1.25. The molecule has 1 saturated heterocycles. The van der Waals surface area contributed by atoms with Gasteiger partial charge in [0.1, 0.15) is 11.3 Å². The molecule has 37 heavy (non-hydrogen) atoms. The van der Waals surface area contributed by atoms with Gasteiger partial charge in [-0.25, -0.2) is 4.98 Å². The summed E-state index contributed by atoms with van der Waals surface area (Å²) < 4.78 is 13.0. The Morgan fingerprint density at radius 2 is 1.54 bits per heavy atom. The van der Waals surface area contributed by atoms with Crippen molar-refractivity contribution in [1.82, 2.24) is 19.4 Å². The molecule has 3 heterocycles. The zero-order valence-electron chi connectivity index (χ0n) is 22.2. The second kappa shape index (κ2) is 9.71. The quantitative estimate of drug-likeness (QED) is 0.352. The van der Waals surface area contributed by atoms with Crippen molar-refractivity contribution in [3.8, 4) is 34.1 Å². The molecule has 0 atom stereocenters. The molecule has 1 aliphatic carbocycles. The van der Waals surface area contributed by atoms with E-state index in [1.54, 1.807) is 14.2 Å². The van der Waals surface area contributed by atoms with Crippen LogP contribution >= 0.6 is 0 Å². The molecule has 2 aliphatic rings. The van der Waals surface area contributed by atoms with Gasteiger partial charge < -0.3 is 18.9 Å². The van der Waals surface area contributed by atoms with Gasteiger partial charge >= 0.3 is 0 Å². The third kappa shape index (κ3) is 4.64. The number of aryl methyl sites for hydroxylation is 2. The lowest BCUT2D eigenvalue weighted by Crippen LogP contribution is -2.47. The Kier molecular flexibility index (Phi) is 6.24. The number of nitrogens with zero attached hydrogens (tertiary/aromatic N) is 5. The standard InChI is InChI=1S/C30H35N5O2/c1-20-29-26(33(2)30(32-29)23-9-12-27(36-3)28(17-23)37-4)18-25(31-20)22-7-10-24(11-8-22)35-15-13-34(14-16-35)19-21-5-6-21/h7-12,17-18,21H,5-6,13-16,19H2,1-4H3. The number of aromatic nitrogens is 3. The first kappa shape index (κ1) is 23.8. The van der Waals surface area contributed by atoms with E-state index in [1.807, 2.05) is 25.1 Å². The number of hydrogen-bond acceptors (Lipinski definition) is 6. The van der Waals surface area contributed by atoms with Crippen molar-refractivity contribution < 1.29 is 9.47 Å². The molecule has 1 saturated carbocycles. The number of piperazine rings is 1. The highest BCUT2D eigenvalue weighted by Gasteiger charge is 2.26. The van der Waals surface area contributed by atoms with E-state index < -0.39 is 0 Å². The molecule has 0 unspecified atom stereocenters. The van der Waals surface area contributed by atoms with Crippen molar-refractivity contribution in [2.75, 3.05) is 51.8 Å². The SMILES string of the molecule is COc1ccc(-c2nc3c(C)nc(-c4ccc(N5CCN(CC6CC6)CC5)cc4)cc3n2C)cc1OC. The minimum atomic E-state index is 0.687. The number of rotatable bonds is 7. The highest BCUT2D eigenvalue weighted by Crippen LogP contribution is 2.35. The number of benzene rings is 2. The van der Waals surface area contributed by atoms with Gasteiger partial charge in [-0.1, -0.05) is 12.1 Å². The van der Waals surface area contributed by atoms with E-state index in [0.717, 1.165) is 58.4 Å². The van der Waals surface area contributed by atoms with Crippen LogP contribution in [0.4, 0.5) is 5.69 Å². The zero-order valence-corrected chi connectivity index (χ0v) is 22.2. The Hall–Kier alpha value is -3.58. The molecule has 0 N–H and O–H groups in total. The minimum Gasteiger partial charge on any atom is -0.493 e. The summed E-state index contributed by atoms with van der Waals surface area (Å²) in [6.45, 7) is 7.86. The highest BCUT2D eigenvalue weighted by atomic mass is 16.5. The van der Waals surface area contributed by atoms with Gasteiger partial charge in [-0.2, -0.15) is 0 Å². The van der Waals surface area contributed by atoms with E-state index in [4.69, 9.17) is 19.4 Å². The number of imidazole rings is 1. The van der Waals surface area contributed by atoms with E-state index in [0.29, 0.717) is 11.5 Å². The molecule has 2 fully saturated rings. The highest BCUT2D eigenvalue weighted by molar-refractivity contribution is 5.86. The Morgan fingerprint density at radius 1 is 0.838 bits per heavy atom. The summed E-state index contributed by atoms with van der Waals surface area (Å²) in [5.74, 6) is 3.23. The molecule has 192 valence electrons. The fraction of sp³-hybridized carbons (Fsp3) is 0.400. The molecule has 0 spiro atoms. The van der Waals surface area contributed by atoms with Crippen molar-refractivity contribution in [3.05, 3.63) is 54.2 Å². The second-order valence-electron chi connectivity index (χ2n) is 10.3. The van der Waals surface area contributed by atoms with Gasteiger partial charge in [-0.3, -0.25) is 9.88 Å². The predicted octanol–water partition coefficient (Wildman–Crippen LogP) is 5.16. The normalized spacial score (nSPS) is 16.4. The maximum Gasteiger partial charge on any atom is 0.161 e. The Bertz CT molecular complexity index is 1420. The van der Waals surface area contributed by atoms with Crippen LogP contribution in [0.1, 0.15) is 18.5 Å². The van der Waals surface area contributed by atoms with Gasteiger partial charge in [0.2, 0.25) is 0 Å². The van der Waals surface area contributed by atoms with Crippen molar-refractivity contribution >= 4 is 16.7 Å². The Morgan fingerprint density at radius 3 is 2.22 bits per heavy atom. The van der Waals surface area contributed by atoms with Gasteiger partial charge in [-0.05, 0) is 62.1 Å². The average molecular weight is 498 g/mol.